The topological polar surface area (TPSA) is 111 Å². The van der Waals surface area contributed by atoms with Crippen molar-refractivity contribution in [2.24, 2.45) is 0 Å². The number of ether oxygens (including phenoxy) is 3. The fraction of sp³-hybridized carbons (Fsp3) is 0.250. The van der Waals surface area contributed by atoms with E-state index in [9.17, 15) is 19.2 Å². The van der Waals surface area contributed by atoms with Gasteiger partial charge < -0.3 is 19.5 Å². The molecule has 1 heterocycles. The average molecular weight is 610 g/mol. The number of nitrogens with zero attached hydrogens (tertiary/aromatic N) is 1. The third kappa shape index (κ3) is 6.98. The second-order valence-corrected chi connectivity index (χ2v) is 9.47. The molecule has 2 aromatic carbocycles. The molecule has 3 amide bonds. The molecule has 184 valence electrons. The van der Waals surface area contributed by atoms with E-state index in [4.69, 9.17) is 14.2 Å². The number of esters is 1. The fourth-order valence-electron chi connectivity index (χ4n) is 3.07. The Morgan fingerprint density at radius 2 is 1.89 bits per heavy atom. The largest absolute Gasteiger partial charge is 0.493 e. The Balaban J connectivity index is 1.72. The molecule has 1 N–H and O–H groups in total. The molecule has 0 aromatic heterocycles. The van der Waals surface area contributed by atoms with Crippen LogP contribution in [0.3, 0.4) is 0 Å². The van der Waals surface area contributed by atoms with Crippen LogP contribution in [0.1, 0.15) is 18.1 Å². The van der Waals surface area contributed by atoms with Gasteiger partial charge in [0.15, 0.2) is 18.1 Å². The summed E-state index contributed by atoms with van der Waals surface area (Å²) in [5.41, 5.74) is 2.21. The summed E-state index contributed by atoms with van der Waals surface area (Å²) in [4.78, 5) is 50.3. The molecule has 9 nitrogen and oxygen atoms in total. The second kappa shape index (κ2) is 12.1. The van der Waals surface area contributed by atoms with Crippen LogP contribution in [0.4, 0.5) is 10.5 Å². The van der Waals surface area contributed by atoms with Gasteiger partial charge in [-0.3, -0.25) is 19.3 Å². The van der Waals surface area contributed by atoms with E-state index in [1.165, 1.54) is 7.11 Å². The zero-order valence-electron chi connectivity index (χ0n) is 19.3. The van der Waals surface area contributed by atoms with Crippen LogP contribution in [-0.2, 0) is 19.1 Å². The summed E-state index contributed by atoms with van der Waals surface area (Å²) in [6.07, 6.45) is 1.54. The smallest absolute Gasteiger partial charge is 0.344 e. The highest BCUT2D eigenvalue weighted by Gasteiger charge is 2.36. The van der Waals surface area contributed by atoms with Crippen LogP contribution >= 0.6 is 34.4 Å². The van der Waals surface area contributed by atoms with Crippen molar-refractivity contribution >= 4 is 69.1 Å². The van der Waals surface area contributed by atoms with Gasteiger partial charge in [0.25, 0.3) is 11.1 Å². The van der Waals surface area contributed by atoms with Gasteiger partial charge in [-0.2, -0.15) is 0 Å². The number of amides is 3. The highest BCUT2D eigenvalue weighted by Crippen LogP contribution is 2.37. The van der Waals surface area contributed by atoms with Crippen LogP contribution in [0.5, 0.6) is 11.5 Å². The van der Waals surface area contributed by atoms with E-state index in [0.717, 1.165) is 22.2 Å². The summed E-state index contributed by atoms with van der Waals surface area (Å²) in [5, 5.41) is 2.15. The van der Waals surface area contributed by atoms with Gasteiger partial charge >= 0.3 is 5.97 Å². The SMILES string of the molecule is CCOC(=O)COc1c(I)cc(/C=C2\SC(=O)N(CC(=O)Nc3ccc(C)cc3)C2=O)cc1OC. The lowest BCUT2D eigenvalue weighted by Crippen LogP contribution is -2.36. The summed E-state index contributed by atoms with van der Waals surface area (Å²) in [7, 11) is 1.45. The van der Waals surface area contributed by atoms with Crippen molar-refractivity contribution in [3.05, 3.63) is 56.0 Å². The van der Waals surface area contributed by atoms with E-state index < -0.39 is 29.6 Å². The standard InChI is InChI=1S/C24H23IN2O7S/c1-4-33-21(29)13-34-22-17(25)9-15(10-18(22)32-3)11-19-23(30)27(24(31)35-19)12-20(28)26-16-7-5-14(2)6-8-16/h5-11H,4,12-13H2,1-3H3,(H,26,28)/b19-11-. The minimum atomic E-state index is -0.560. The zero-order chi connectivity index (χ0) is 25.5. The van der Waals surface area contributed by atoms with E-state index in [-0.39, 0.29) is 18.1 Å². The Hall–Kier alpha value is -3.06. The number of nitrogens with one attached hydrogen (secondary N) is 1. The summed E-state index contributed by atoms with van der Waals surface area (Å²) < 4.78 is 16.4. The van der Waals surface area contributed by atoms with Gasteiger partial charge in [0.1, 0.15) is 6.54 Å². The number of carbonyl (C=O) groups is 4. The molecular formula is C24H23IN2O7S. The molecule has 11 heteroatoms. The molecule has 1 aliphatic heterocycles. The first-order chi connectivity index (χ1) is 16.7. The number of imide groups is 1. The number of methoxy groups -OCH3 is 1. The van der Waals surface area contributed by atoms with E-state index >= 15 is 0 Å². The minimum absolute atomic E-state index is 0.177. The minimum Gasteiger partial charge on any atom is -0.493 e. The predicted octanol–water partition coefficient (Wildman–Crippen LogP) is 4.23. The number of aryl methyl sites for hydroxylation is 1. The lowest BCUT2D eigenvalue weighted by atomic mass is 10.2. The van der Waals surface area contributed by atoms with Crippen LogP contribution in [0.15, 0.2) is 41.3 Å². The van der Waals surface area contributed by atoms with Crippen molar-refractivity contribution in [1.82, 2.24) is 4.90 Å². The molecule has 0 saturated carbocycles. The maximum Gasteiger partial charge on any atom is 0.344 e. The van der Waals surface area contributed by atoms with Crippen molar-refractivity contribution in [1.29, 1.82) is 0 Å². The summed E-state index contributed by atoms with van der Waals surface area (Å²) in [5.74, 6) is -0.828. The lowest BCUT2D eigenvalue weighted by molar-refractivity contribution is -0.145. The van der Waals surface area contributed by atoms with Crippen LogP contribution in [0.2, 0.25) is 0 Å². The summed E-state index contributed by atoms with van der Waals surface area (Å²) in [6.45, 7) is 3.21. The molecule has 0 atom stereocenters. The molecule has 1 fully saturated rings. The Morgan fingerprint density at radius 3 is 2.54 bits per heavy atom. The normalized spacial score (nSPS) is 14.3. The third-order valence-electron chi connectivity index (χ3n) is 4.70. The Kier molecular flexibility index (Phi) is 9.15. The van der Waals surface area contributed by atoms with Gasteiger partial charge in [-0.25, -0.2) is 4.79 Å². The number of hydrogen-bond donors (Lipinski definition) is 1. The Morgan fingerprint density at radius 1 is 1.17 bits per heavy atom. The summed E-state index contributed by atoms with van der Waals surface area (Å²) in [6, 6.07) is 10.5. The molecular weight excluding hydrogens is 587 g/mol. The molecule has 1 saturated heterocycles. The molecule has 2 aromatic rings. The lowest BCUT2D eigenvalue weighted by Gasteiger charge is -2.13. The highest BCUT2D eigenvalue weighted by atomic mass is 127. The van der Waals surface area contributed by atoms with Gasteiger partial charge in [0.05, 0.1) is 22.2 Å². The van der Waals surface area contributed by atoms with Crippen LogP contribution in [0.25, 0.3) is 6.08 Å². The van der Waals surface area contributed by atoms with Crippen LogP contribution in [0, 0.1) is 10.5 Å². The van der Waals surface area contributed by atoms with Gasteiger partial charge in [-0.15, -0.1) is 0 Å². The van der Waals surface area contributed by atoms with Crippen LogP contribution < -0.4 is 14.8 Å². The Labute approximate surface area is 220 Å². The first kappa shape index (κ1) is 26.5. The van der Waals surface area contributed by atoms with Crippen LogP contribution in [-0.4, -0.2) is 54.8 Å². The van der Waals surface area contributed by atoms with E-state index in [1.54, 1.807) is 37.3 Å². The van der Waals surface area contributed by atoms with Gasteiger partial charge in [0, 0.05) is 5.69 Å². The second-order valence-electron chi connectivity index (χ2n) is 7.31. The first-order valence-electron chi connectivity index (χ1n) is 10.5. The number of rotatable bonds is 9. The van der Waals surface area contributed by atoms with Crippen molar-refractivity contribution in [3.63, 3.8) is 0 Å². The molecule has 1 aliphatic rings. The molecule has 3 rings (SSSR count). The highest BCUT2D eigenvalue weighted by molar-refractivity contribution is 14.1. The first-order valence-corrected chi connectivity index (χ1v) is 12.4. The number of carbonyl (C=O) groups excluding carboxylic acids is 4. The number of halogens is 1. The van der Waals surface area contributed by atoms with Gasteiger partial charge in [0.2, 0.25) is 5.91 Å². The summed E-state index contributed by atoms with van der Waals surface area (Å²) >= 11 is 2.78. The molecule has 0 unspecified atom stereocenters. The fourth-order valence-corrected chi connectivity index (χ4v) is 4.69. The average Bonchev–Trinajstić information content (AvgIpc) is 3.07. The van der Waals surface area contributed by atoms with Crippen molar-refractivity contribution < 1.29 is 33.4 Å². The van der Waals surface area contributed by atoms with E-state index in [1.807, 2.05) is 41.6 Å². The maximum absolute atomic E-state index is 12.8. The molecule has 0 radical (unpaired) electrons. The van der Waals surface area contributed by atoms with Crippen molar-refractivity contribution in [2.75, 3.05) is 32.2 Å². The van der Waals surface area contributed by atoms with E-state index in [0.29, 0.717) is 26.3 Å². The van der Waals surface area contributed by atoms with Crippen molar-refractivity contribution in [3.8, 4) is 11.5 Å². The molecule has 0 aliphatic carbocycles. The van der Waals surface area contributed by atoms with Gasteiger partial charge in [-0.05, 0) is 84.1 Å². The zero-order valence-corrected chi connectivity index (χ0v) is 22.2. The predicted molar refractivity (Wildman–Crippen MR) is 140 cm³/mol. The van der Waals surface area contributed by atoms with Gasteiger partial charge in [-0.1, -0.05) is 17.7 Å². The number of benzene rings is 2. The number of anilines is 1. The quantitative estimate of drug-likeness (QED) is 0.255. The molecule has 0 bridgehead atoms. The van der Waals surface area contributed by atoms with E-state index in [2.05, 4.69) is 5.32 Å². The molecule has 0 spiro atoms. The Bertz CT molecular complexity index is 1180. The third-order valence-corrected chi connectivity index (χ3v) is 6.41. The monoisotopic (exact) mass is 610 g/mol. The maximum atomic E-state index is 12.8. The molecule has 35 heavy (non-hydrogen) atoms. The number of thioether (sulfide) groups is 1. The number of hydrogen-bond acceptors (Lipinski definition) is 8. The van der Waals surface area contributed by atoms with Crippen molar-refractivity contribution in [2.45, 2.75) is 13.8 Å².